The van der Waals surface area contributed by atoms with Crippen molar-refractivity contribution in [2.75, 3.05) is 44.4 Å². The second-order valence-electron chi connectivity index (χ2n) is 6.80. The zero-order chi connectivity index (χ0) is 19.5. The van der Waals surface area contributed by atoms with E-state index < -0.39 is 0 Å². The molecule has 0 fully saturated rings. The normalized spacial score (nSPS) is 11.4. The highest BCUT2D eigenvalue weighted by Crippen LogP contribution is 2.16. The molecule has 1 heterocycles. The number of hydrogen-bond acceptors (Lipinski definition) is 4. The van der Waals surface area contributed by atoms with E-state index >= 15 is 0 Å². The van der Waals surface area contributed by atoms with Crippen LogP contribution in [0.4, 0.5) is 5.69 Å². The summed E-state index contributed by atoms with van der Waals surface area (Å²) in [4.78, 5) is 4.70. The average Bonchev–Trinajstić information content (AvgIpc) is 2.71. The van der Waals surface area contributed by atoms with Crippen LogP contribution in [-0.4, -0.2) is 44.4 Å². The molecule has 0 radical (unpaired) electrons. The molecule has 2 rings (SSSR count). The first-order valence-corrected chi connectivity index (χ1v) is 11.6. The van der Waals surface area contributed by atoms with Crippen LogP contribution in [-0.2, 0) is 6.54 Å². The summed E-state index contributed by atoms with van der Waals surface area (Å²) in [7, 11) is 5.96. The second kappa shape index (κ2) is 12.1. The van der Waals surface area contributed by atoms with E-state index in [1.807, 2.05) is 0 Å². The number of benzene rings is 1. The largest absolute Gasteiger partial charge is 0.375 e. The van der Waals surface area contributed by atoms with Crippen LogP contribution < -0.4 is 9.47 Å². The van der Waals surface area contributed by atoms with Crippen LogP contribution in [0.3, 0.4) is 0 Å². The number of aromatic nitrogens is 1. The van der Waals surface area contributed by atoms with Gasteiger partial charge < -0.3 is 9.80 Å². The van der Waals surface area contributed by atoms with Gasteiger partial charge in [-0.15, -0.1) is 11.7 Å². The number of pyridine rings is 1. The summed E-state index contributed by atoms with van der Waals surface area (Å²) in [6, 6.07) is 13.1. The lowest BCUT2D eigenvalue weighted by molar-refractivity contribution is -0.693. The standard InChI is InChI=1S/C22H31N3S2/c1-4-25-16-12-21(13-17-25)7-6-20-8-10-22(11-9-20)24(3)15-5-14-23(2)18-19-27-26/h6-13,16-17H,4-5,14-15,18-19H2,1-3H3/p+1. The summed E-state index contributed by atoms with van der Waals surface area (Å²) in [5.41, 5.74) is 3.72. The molecule has 5 heteroatoms. The van der Waals surface area contributed by atoms with E-state index in [4.69, 9.17) is 0 Å². The van der Waals surface area contributed by atoms with Crippen molar-refractivity contribution in [3.8, 4) is 0 Å². The lowest BCUT2D eigenvalue weighted by Gasteiger charge is -2.22. The van der Waals surface area contributed by atoms with E-state index in [9.17, 15) is 0 Å². The van der Waals surface area contributed by atoms with Crippen LogP contribution in [0.15, 0.2) is 48.8 Å². The Morgan fingerprint density at radius 2 is 1.56 bits per heavy atom. The highest BCUT2D eigenvalue weighted by Gasteiger charge is 2.03. The maximum absolute atomic E-state index is 4.19. The van der Waals surface area contributed by atoms with Crippen LogP contribution in [0.25, 0.3) is 12.2 Å². The minimum Gasteiger partial charge on any atom is -0.375 e. The Hall–Kier alpha value is -1.43. The van der Waals surface area contributed by atoms with Crippen LogP contribution in [0, 0.1) is 0 Å². The third-order valence-corrected chi connectivity index (χ3v) is 5.59. The van der Waals surface area contributed by atoms with Gasteiger partial charge in [-0.25, -0.2) is 4.57 Å². The van der Waals surface area contributed by atoms with Gasteiger partial charge >= 0.3 is 0 Å². The molecule has 0 aliphatic heterocycles. The monoisotopic (exact) mass is 402 g/mol. The molecule has 3 nitrogen and oxygen atoms in total. The van der Waals surface area contributed by atoms with Gasteiger partial charge in [-0.3, -0.25) is 0 Å². The van der Waals surface area contributed by atoms with Crippen LogP contribution in [0.5, 0.6) is 0 Å². The number of thiol groups is 1. The fourth-order valence-corrected chi connectivity index (χ4v) is 3.48. The third kappa shape index (κ3) is 7.99. The molecule has 0 bridgehead atoms. The quantitative estimate of drug-likeness (QED) is 0.337. The topological polar surface area (TPSA) is 10.4 Å². The Bertz CT molecular complexity index is 684. The molecule has 0 saturated heterocycles. The molecule has 0 amide bonds. The van der Waals surface area contributed by atoms with Crippen molar-refractivity contribution in [1.29, 1.82) is 0 Å². The van der Waals surface area contributed by atoms with Gasteiger partial charge in [-0.1, -0.05) is 35.1 Å². The van der Waals surface area contributed by atoms with Crippen molar-refractivity contribution >= 4 is 40.3 Å². The number of rotatable bonds is 11. The molecule has 0 spiro atoms. The van der Waals surface area contributed by atoms with Gasteiger partial charge in [-0.05, 0) is 50.2 Å². The number of hydrogen-bond donors (Lipinski definition) is 1. The van der Waals surface area contributed by atoms with Crippen molar-refractivity contribution in [2.24, 2.45) is 0 Å². The summed E-state index contributed by atoms with van der Waals surface area (Å²) in [5.74, 6) is 1.08. The van der Waals surface area contributed by atoms with E-state index in [0.29, 0.717) is 0 Å². The van der Waals surface area contributed by atoms with Crippen LogP contribution in [0.2, 0.25) is 0 Å². The van der Waals surface area contributed by atoms with Gasteiger partial charge in [0, 0.05) is 43.7 Å². The minimum absolute atomic E-state index is 1.00. The molecular formula is C22H32N3S2+. The zero-order valence-corrected chi connectivity index (χ0v) is 18.4. The Labute approximate surface area is 173 Å². The molecular weight excluding hydrogens is 370 g/mol. The average molecular weight is 403 g/mol. The molecule has 146 valence electrons. The molecule has 2 aromatic rings. The number of aryl methyl sites for hydroxylation is 1. The van der Waals surface area contributed by atoms with Crippen molar-refractivity contribution < 1.29 is 4.57 Å². The lowest BCUT2D eigenvalue weighted by atomic mass is 10.1. The Balaban J connectivity index is 1.81. The summed E-state index contributed by atoms with van der Waals surface area (Å²) in [5, 5.41) is 0. The minimum atomic E-state index is 1.00. The van der Waals surface area contributed by atoms with E-state index in [2.05, 4.69) is 108 Å². The fraction of sp³-hybridized carbons (Fsp3) is 0.409. The summed E-state index contributed by atoms with van der Waals surface area (Å²) < 4.78 is 2.17. The van der Waals surface area contributed by atoms with Crippen molar-refractivity contribution in [2.45, 2.75) is 19.9 Å². The van der Waals surface area contributed by atoms with Crippen molar-refractivity contribution in [3.05, 3.63) is 59.9 Å². The molecule has 0 aliphatic rings. The van der Waals surface area contributed by atoms with Gasteiger partial charge in [0.2, 0.25) is 0 Å². The van der Waals surface area contributed by atoms with E-state index in [1.165, 1.54) is 16.8 Å². The Morgan fingerprint density at radius 3 is 2.15 bits per heavy atom. The molecule has 0 unspecified atom stereocenters. The third-order valence-electron chi connectivity index (χ3n) is 4.68. The highest BCUT2D eigenvalue weighted by atomic mass is 33.1. The van der Waals surface area contributed by atoms with Gasteiger partial charge in [0.1, 0.15) is 6.54 Å². The maximum Gasteiger partial charge on any atom is 0.169 e. The van der Waals surface area contributed by atoms with E-state index in [1.54, 1.807) is 10.8 Å². The SMILES string of the molecule is CC[n+]1ccc(/C=C/c2ccc(N(C)CCCN(C)CCSS)cc2)cc1. The van der Waals surface area contributed by atoms with Crippen LogP contribution in [0.1, 0.15) is 24.5 Å². The first kappa shape index (κ1) is 21.9. The van der Waals surface area contributed by atoms with E-state index in [0.717, 1.165) is 38.4 Å². The van der Waals surface area contributed by atoms with Crippen molar-refractivity contribution in [1.82, 2.24) is 4.90 Å². The number of anilines is 1. The molecule has 0 N–H and O–H groups in total. The predicted molar refractivity (Wildman–Crippen MR) is 125 cm³/mol. The molecule has 0 atom stereocenters. The lowest BCUT2D eigenvalue weighted by Crippen LogP contribution is -2.30. The second-order valence-corrected chi connectivity index (χ2v) is 8.24. The molecule has 0 aliphatic carbocycles. The molecule has 1 aromatic carbocycles. The molecule has 27 heavy (non-hydrogen) atoms. The first-order chi connectivity index (χ1) is 13.1. The Morgan fingerprint density at radius 1 is 0.926 bits per heavy atom. The van der Waals surface area contributed by atoms with Gasteiger partial charge in [0.15, 0.2) is 12.4 Å². The molecule has 1 aromatic heterocycles. The van der Waals surface area contributed by atoms with Crippen molar-refractivity contribution in [3.63, 3.8) is 0 Å². The van der Waals surface area contributed by atoms with Gasteiger partial charge in [-0.2, -0.15) is 0 Å². The fourth-order valence-electron chi connectivity index (χ4n) is 2.84. The smallest absolute Gasteiger partial charge is 0.169 e. The van der Waals surface area contributed by atoms with Gasteiger partial charge in [0.05, 0.1) is 0 Å². The first-order valence-electron chi connectivity index (χ1n) is 9.55. The van der Waals surface area contributed by atoms with E-state index in [-0.39, 0.29) is 0 Å². The summed E-state index contributed by atoms with van der Waals surface area (Å²) >= 11 is 4.19. The highest BCUT2D eigenvalue weighted by molar-refractivity contribution is 8.68. The van der Waals surface area contributed by atoms with Gasteiger partial charge in [0.25, 0.3) is 0 Å². The predicted octanol–water partition coefficient (Wildman–Crippen LogP) is 4.50. The van der Waals surface area contributed by atoms with Crippen LogP contribution >= 0.6 is 22.5 Å². The molecule has 0 saturated carbocycles. The number of nitrogens with zero attached hydrogens (tertiary/aromatic N) is 3. The summed E-state index contributed by atoms with van der Waals surface area (Å²) in [6.07, 6.45) is 9.73. The maximum atomic E-state index is 4.19. The zero-order valence-electron chi connectivity index (χ0n) is 16.7. The Kier molecular flexibility index (Phi) is 9.81. The summed E-state index contributed by atoms with van der Waals surface area (Å²) in [6.45, 7) is 6.43.